The fourth-order valence-corrected chi connectivity index (χ4v) is 7.97. The Hall–Kier alpha value is -0.660. The zero-order valence-electron chi connectivity index (χ0n) is 19.9. The van der Waals surface area contributed by atoms with Gasteiger partial charge in [-0.2, -0.15) is 0 Å². The summed E-state index contributed by atoms with van der Waals surface area (Å²) in [5, 5.41) is 0. The third-order valence-electron chi connectivity index (χ3n) is 10.1. The summed E-state index contributed by atoms with van der Waals surface area (Å²) in [5.41, 5.74) is -1.07. The molecule has 0 aromatic rings. The van der Waals surface area contributed by atoms with Crippen molar-refractivity contribution in [1.82, 2.24) is 0 Å². The molecule has 4 fully saturated rings. The minimum Gasteiger partial charge on any atom is -0.297 e. The van der Waals surface area contributed by atoms with Crippen LogP contribution < -0.4 is 0 Å². The molecule has 0 aromatic heterocycles. The Morgan fingerprint density at radius 1 is 0.600 bits per heavy atom. The highest BCUT2D eigenvalue weighted by molar-refractivity contribution is 6.30. The first-order valence-electron chi connectivity index (χ1n) is 13.7. The predicted molar refractivity (Wildman–Crippen MR) is 123 cm³/mol. The van der Waals surface area contributed by atoms with Gasteiger partial charge in [-0.25, -0.2) is 0 Å². The highest BCUT2D eigenvalue weighted by Gasteiger charge is 2.70. The molecule has 2 nitrogen and oxygen atoms in total. The first-order chi connectivity index (χ1) is 14.6. The van der Waals surface area contributed by atoms with E-state index in [0.717, 1.165) is 75.0 Å². The van der Waals surface area contributed by atoms with E-state index in [0.29, 0.717) is 11.6 Å². The molecular weight excluding hydrogens is 368 g/mol. The van der Waals surface area contributed by atoms with Crippen LogP contribution in [0, 0.1) is 34.5 Å². The summed E-state index contributed by atoms with van der Waals surface area (Å²) in [6, 6.07) is 0. The van der Waals surface area contributed by atoms with Crippen LogP contribution in [-0.2, 0) is 9.59 Å². The Morgan fingerprint density at radius 3 is 1.47 bits per heavy atom. The van der Waals surface area contributed by atoms with Crippen molar-refractivity contribution in [1.29, 1.82) is 0 Å². The predicted octanol–water partition coefficient (Wildman–Crippen LogP) is 7.68. The molecule has 0 N–H and O–H groups in total. The van der Waals surface area contributed by atoms with Gasteiger partial charge in [0.25, 0.3) is 0 Å². The lowest BCUT2D eigenvalue weighted by Gasteiger charge is -2.57. The van der Waals surface area contributed by atoms with E-state index in [1.807, 2.05) is 0 Å². The summed E-state index contributed by atoms with van der Waals surface area (Å²) in [5.74, 6) is 4.15. The van der Waals surface area contributed by atoms with Crippen LogP contribution in [0.25, 0.3) is 0 Å². The summed E-state index contributed by atoms with van der Waals surface area (Å²) in [6.45, 7) is 4.55. The van der Waals surface area contributed by atoms with Crippen LogP contribution >= 0.6 is 0 Å². The number of hydrogen-bond donors (Lipinski definition) is 0. The van der Waals surface area contributed by atoms with Gasteiger partial charge in [-0.15, -0.1) is 0 Å². The molecule has 4 aliphatic rings. The number of rotatable bonds is 7. The Morgan fingerprint density at radius 2 is 1.00 bits per heavy atom. The number of unbranched alkanes of at least 4 members (excludes halogenated alkanes) is 2. The Labute approximate surface area is 185 Å². The van der Waals surface area contributed by atoms with Crippen molar-refractivity contribution in [2.45, 2.75) is 129 Å². The van der Waals surface area contributed by atoms with E-state index in [4.69, 9.17) is 0 Å². The lowest BCUT2D eigenvalue weighted by atomic mass is 9.42. The second kappa shape index (κ2) is 9.45. The van der Waals surface area contributed by atoms with Gasteiger partial charge in [0.1, 0.15) is 0 Å². The first kappa shape index (κ1) is 22.5. The SMILES string of the molecule is CCCCC1CCC(C2CCC3(CC2)C(=O)C2(CCC(CCCC)CC2)C3=O)CC1. The molecule has 2 heteroatoms. The third-order valence-corrected chi connectivity index (χ3v) is 10.1. The van der Waals surface area contributed by atoms with Crippen molar-refractivity contribution in [3.05, 3.63) is 0 Å². The van der Waals surface area contributed by atoms with E-state index in [-0.39, 0.29) is 0 Å². The summed E-state index contributed by atoms with van der Waals surface area (Å²) in [7, 11) is 0. The second-order valence-electron chi connectivity index (χ2n) is 11.7. The smallest absolute Gasteiger partial charge is 0.159 e. The molecule has 0 saturated heterocycles. The molecule has 4 saturated carbocycles. The molecule has 4 aliphatic carbocycles. The maximum absolute atomic E-state index is 13.5. The van der Waals surface area contributed by atoms with Crippen LogP contribution in [0.4, 0.5) is 0 Å². The second-order valence-corrected chi connectivity index (χ2v) is 11.7. The lowest BCUT2D eigenvalue weighted by molar-refractivity contribution is -0.179. The van der Waals surface area contributed by atoms with Crippen molar-refractivity contribution in [3.8, 4) is 0 Å². The maximum Gasteiger partial charge on any atom is 0.159 e. The summed E-state index contributed by atoms with van der Waals surface area (Å²) in [4.78, 5) is 26.9. The van der Waals surface area contributed by atoms with E-state index < -0.39 is 10.8 Å². The molecule has 0 aromatic carbocycles. The van der Waals surface area contributed by atoms with E-state index in [1.165, 1.54) is 64.2 Å². The van der Waals surface area contributed by atoms with Crippen LogP contribution in [-0.4, -0.2) is 11.6 Å². The quantitative estimate of drug-likeness (QED) is 0.400. The van der Waals surface area contributed by atoms with Gasteiger partial charge >= 0.3 is 0 Å². The number of Topliss-reactive ketones (excluding diaryl/α,β-unsaturated/α-hetero) is 2. The molecule has 4 rings (SSSR count). The van der Waals surface area contributed by atoms with Crippen molar-refractivity contribution in [2.24, 2.45) is 34.5 Å². The standard InChI is InChI=1S/C28H46O2/c1-3-5-7-21-9-11-23(12-10-21)24-15-19-28(20-16-24)25(29)27(26(28)30)17-13-22(14-18-27)8-6-4-2/h21-24H,3-20H2,1-2H3. The van der Waals surface area contributed by atoms with Gasteiger partial charge in [0, 0.05) is 0 Å². The fraction of sp³-hybridized carbons (Fsp3) is 0.929. The van der Waals surface area contributed by atoms with Crippen molar-refractivity contribution >= 4 is 11.6 Å². The van der Waals surface area contributed by atoms with Gasteiger partial charge < -0.3 is 0 Å². The van der Waals surface area contributed by atoms with Gasteiger partial charge in [0.2, 0.25) is 0 Å². The zero-order valence-corrected chi connectivity index (χ0v) is 19.9. The average molecular weight is 415 g/mol. The molecule has 2 spiro atoms. The number of carbonyl (C=O) groups is 2. The maximum atomic E-state index is 13.5. The summed E-state index contributed by atoms with van der Waals surface area (Å²) in [6.07, 6.45) is 21.6. The Kier molecular flexibility index (Phi) is 7.10. The molecule has 0 amide bonds. The zero-order chi connectivity index (χ0) is 21.2. The highest BCUT2D eigenvalue weighted by atomic mass is 16.2. The van der Waals surface area contributed by atoms with Crippen molar-refractivity contribution in [3.63, 3.8) is 0 Å². The topological polar surface area (TPSA) is 34.1 Å². The molecule has 30 heavy (non-hydrogen) atoms. The minimum absolute atomic E-state index is 0.385. The Bertz CT molecular complexity index is 576. The van der Waals surface area contributed by atoms with Crippen molar-refractivity contribution < 1.29 is 9.59 Å². The van der Waals surface area contributed by atoms with Crippen LogP contribution in [0.2, 0.25) is 0 Å². The molecule has 170 valence electrons. The van der Waals surface area contributed by atoms with Gasteiger partial charge in [0.05, 0.1) is 10.8 Å². The number of ketones is 2. The van der Waals surface area contributed by atoms with Gasteiger partial charge in [-0.1, -0.05) is 65.2 Å². The molecule has 0 unspecified atom stereocenters. The first-order valence-corrected chi connectivity index (χ1v) is 13.7. The highest BCUT2D eigenvalue weighted by Crippen LogP contribution is 2.62. The van der Waals surface area contributed by atoms with E-state index in [2.05, 4.69) is 13.8 Å². The summed E-state index contributed by atoms with van der Waals surface area (Å²) >= 11 is 0. The van der Waals surface area contributed by atoms with Gasteiger partial charge in [-0.05, 0) is 87.9 Å². The van der Waals surface area contributed by atoms with E-state index >= 15 is 0 Å². The lowest BCUT2D eigenvalue weighted by Crippen LogP contribution is -2.68. The molecule has 0 radical (unpaired) electrons. The normalized spacial score (nSPS) is 41.9. The van der Waals surface area contributed by atoms with Crippen LogP contribution in [0.15, 0.2) is 0 Å². The molecule has 0 atom stereocenters. The molecule has 0 bridgehead atoms. The molecular formula is C28H46O2. The Balaban J connectivity index is 1.26. The van der Waals surface area contributed by atoms with Crippen LogP contribution in [0.3, 0.4) is 0 Å². The summed E-state index contributed by atoms with van der Waals surface area (Å²) < 4.78 is 0. The van der Waals surface area contributed by atoms with Crippen molar-refractivity contribution in [2.75, 3.05) is 0 Å². The third kappa shape index (κ3) is 3.95. The largest absolute Gasteiger partial charge is 0.297 e. The van der Waals surface area contributed by atoms with Gasteiger partial charge in [-0.3, -0.25) is 9.59 Å². The fourth-order valence-electron chi connectivity index (χ4n) is 7.97. The minimum atomic E-state index is -0.537. The average Bonchev–Trinajstić information content (AvgIpc) is 2.81. The van der Waals surface area contributed by atoms with E-state index in [1.54, 1.807) is 0 Å². The number of carbonyl (C=O) groups excluding carboxylic acids is 2. The number of hydrogen-bond acceptors (Lipinski definition) is 2. The monoisotopic (exact) mass is 414 g/mol. The van der Waals surface area contributed by atoms with Gasteiger partial charge in [0.15, 0.2) is 11.6 Å². The molecule has 0 aliphatic heterocycles. The van der Waals surface area contributed by atoms with Crippen LogP contribution in [0.5, 0.6) is 0 Å². The van der Waals surface area contributed by atoms with Crippen LogP contribution in [0.1, 0.15) is 129 Å². The van der Waals surface area contributed by atoms with E-state index in [9.17, 15) is 9.59 Å². The molecule has 0 heterocycles.